The number of aromatic amines is 1. The number of H-pyrrole nitrogens is 1. The second-order valence-corrected chi connectivity index (χ2v) is 2.38. The maximum atomic E-state index is 11.2. The Morgan fingerprint density at radius 2 is 2.14 bits per heavy atom. The van der Waals surface area contributed by atoms with Gasteiger partial charge in [-0.2, -0.15) is 5.10 Å². The van der Waals surface area contributed by atoms with Gasteiger partial charge >= 0.3 is 6.03 Å². The van der Waals surface area contributed by atoms with Crippen LogP contribution < -0.4 is 16.4 Å². The van der Waals surface area contributed by atoms with Crippen LogP contribution in [0.1, 0.15) is 10.6 Å². The van der Waals surface area contributed by atoms with E-state index in [-0.39, 0.29) is 24.8 Å². The molecule has 0 bridgehead atoms. The fraction of sp³-hybridized carbons (Fsp3) is 0.333. The first kappa shape index (κ1) is 9.96. The van der Waals surface area contributed by atoms with Crippen molar-refractivity contribution in [1.82, 2.24) is 25.8 Å². The quantitative estimate of drug-likeness (QED) is 0.426. The Labute approximate surface area is 79.3 Å². The van der Waals surface area contributed by atoms with Gasteiger partial charge in [-0.15, -0.1) is 0 Å². The molecule has 5 N–H and O–H groups in total. The molecule has 0 saturated carbocycles. The highest BCUT2D eigenvalue weighted by Crippen LogP contribution is 1.83. The molecule has 0 saturated heterocycles. The Morgan fingerprint density at radius 1 is 1.43 bits per heavy atom. The van der Waals surface area contributed by atoms with Gasteiger partial charge in [0.1, 0.15) is 6.33 Å². The van der Waals surface area contributed by atoms with E-state index in [9.17, 15) is 9.59 Å². The van der Waals surface area contributed by atoms with Crippen LogP contribution in [-0.4, -0.2) is 40.2 Å². The van der Waals surface area contributed by atoms with Gasteiger partial charge in [0.25, 0.3) is 5.91 Å². The average molecular weight is 198 g/mol. The van der Waals surface area contributed by atoms with Crippen LogP contribution in [0.5, 0.6) is 0 Å². The van der Waals surface area contributed by atoms with E-state index in [1.54, 1.807) is 0 Å². The fourth-order valence-corrected chi connectivity index (χ4v) is 0.760. The molecule has 0 aliphatic carbocycles. The third kappa shape index (κ3) is 3.09. The zero-order valence-electron chi connectivity index (χ0n) is 7.28. The summed E-state index contributed by atoms with van der Waals surface area (Å²) in [5, 5.41) is 10.7. The Hall–Kier alpha value is -2.12. The monoisotopic (exact) mass is 198 g/mol. The Morgan fingerprint density at radius 3 is 2.71 bits per heavy atom. The molecule has 0 fully saturated rings. The Bertz CT molecular complexity index is 308. The van der Waals surface area contributed by atoms with Crippen molar-refractivity contribution in [1.29, 1.82) is 0 Å². The third-order valence-electron chi connectivity index (χ3n) is 1.34. The van der Waals surface area contributed by atoms with Gasteiger partial charge in [-0.05, 0) is 0 Å². The van der Waals surface area contributed by atoms with Crippen molar-refractivity contribution in [2.75, 3.05) is 13.1 Å². The number of rotatable bonds is 4. The minimum Gasteiger partial charge on any atom is -0.352 e. The van der Waals surface area contributed by atoms with E-state index in [0.29, 0.717) is 0 Å². The van der Waals surface area contributed by atoms with Gasteiger partial charge in [0, 0.05) is 13.1 Å². The molecule has 1 heterocycles. The minimum absolute atomic E-state index is 0.129. The number of carbonyl (C=O) groups is 2. The van der Waals surface area contributed by atoms with E-state index in [4.69, 9.17) is 5.73 Å². The highest BCUT2D eigenvalue weighted by molar-refractivity contribution is 5.90. The van der Waals surface area contributed by atoms with Crippen molar-refractivity contribution in [2.45, 2.75) is 0 Å². The predicted octanol–water partition coefficient (Wildman–Crippen LogP) is -1.80. The molecule has 8 heteroatoms. The first-order valence-electron chi connectivity index (χ1n) is 3.87. The zero-order chi connectivity index (χ0) is 10.4. The maximum Gasteiger partial charge on any atom is 0.312 e. The number of hydrogen-bond acceptors (Lipinski definition) is 4. The Kier molecular flexibility index (Phi) is 3.41. The molecule has 0 atom stereocenters. The number of primary amides is 1. The van der Waals surface area contributed by atoms with Gasteiger partial charge in [-0.25, -0.2) is 9.78 Å². The lowest BCUT2D eigenvalue weighted by atomic mass is 10.5. The zero-order valence-corrected chi connectivity index (χ0v) is 7.28. The fourth-order valence-electron chi connectivity index (χ4n) is 0.760. The van der Waals surface area contributed by atoms with Crippen molar-refractivity contribution in [3.05, 3.63) is 12.2 Å². The third-order valence-corrected chi connectivity index (χ3v) is 1.34. The predicted molar refractivity (Wildman–Crippen MR) is 46.3 cm³/mol. The number of aromatic nitrogens is 3. The number of hydrogen-bond donors (Lipinski definition) is 4. The summed E-state index contributed by atoms with van der Waals surface area (Å²) < 4.78 is 0. The number of nitrogens with one attached hydrogen (secondary N) is 3. The molecule has 0 aliphatic heterocycles. The summed E-state index contributed by atoms with van der Waals surface area (Å²) in [5.41, 5.74) is 4.81. The van der Waals surface area contributed by atoms with Crippen LogP contribution in [0.2, 0.25) is 0 Å². The second kappa shape index (κ2) is 4.80. The highest BCUT2D eigenvalue weighted by atomic mass is 16.2. The first-order chi connectivity index (χ1) is 6.70. The van der Waals surface area contributed by atoms with E-state index in [0.717, 1.165) is 0 Å². The molecule has 14 heavy (non-hydrogen) atoms. The molecule has 0 spiro atoms. The van der Waals surface area contributed by atoms with E-state index < -0.39 is 6.03 Å². The van der Waals surface area contributed by atoms with Crippen molar-refractivity contribution in [3.8, 4) is 0 Å². The molecule has 76 valence electrons. The van der Waals surface area contributed by atoms with Crippen LogP contribution in [0.3, 0.4) is 0 Å². The number of amides is 3. The SMILES string of the molecule is NC(=O)NCCNC(=O)c1ncn[nH]1. The van der Waals surface area contributed by atoms with Crippen molar-refractivity contribution >= 4 is 11.9 Å². The number of nitrogens with two attached hydrogens (primary N) is 1. The minimum atomic E-state index is -0.626. The molecule has 3 amide bonds. The summed E-state index contributed by atoms with van der Waals surface area (Å²) in [6, 6.07) is -0.626. The molecule has 0 aromatic carbocycles. The first-order valence-corrected chi connectivity index (χ1v) is 3.87. The number of carbonyl (C=O) groups excluding carboxylic acids is 2. The molecule has 1 aromatic rings. The lowest BCUT2D eigenvalue weighted by Crippen LogP contribution is -2.37. The summed E-state index contributed by atoms with van der Waals surface area (Å²) in [5.74, 6) is -0.252. The highest BCUT2D eigenvalue weighted by Gasteiger charge is 2.06. The molecule has 1 rings (SSSR count). The number of urea groups is 1. The largest absolute Gasteiger partial charge is 0.352 e. The van der Waals surface area contributed by atoms with Crippen LogP contribution in [0.4, 0.5) is 4.79 Å². The van der Waals surface area contributed by atoms with E-state index >= 15 is 0 Å². The van der Waals surface area contributed by atoms with E-state index in [2.05, 4.69) is 25.8 Å². The van der Waals surface area contributed by atoms with E-state index in [1.165, 1.54) is 6.33 Å². The molecule has 8 nitrogen and oxygen atoms in total. The van der Waals surface area contributed by atoms with Crippen LogP contribution in [-0.2, 0) is 0 Å². The van der Waals surface area contributed by atoms with Crippen LogP contribution in [0.25, 0.3) is 0 Å². The topological polar surface area (TPSA) is 126 Å². The maximum absolute atomic E-state index is 11.2. The van der Waals surface area contributed by atoms with Crippen LogP contribution in [0, 0.1) is 0 Å². The second-order valence-electron chi connectivity index (χ2n) is 2.38. The van der Waals surface area contributed by atoms with Gasteiger partial charge in [0.2, 0.25) is 5.82 Å². The molecular formula is C6H10N6O2. The van der Waals surface area contributed by atoms with Gasteiger partial charge in [0.15, 0.2) is 0 Å². The van der Waals surface area contributed by atoms with Gasteiger partial charge in [-0.1, -0.05) is 0 Å². The molecule has 0 radical (unpaired) electrons. The molecular weight excluding hydrogens is 188 g/mol. The standard InChI is InChI=1S/C6H10N6O2/c7-6(14)9-2-1-8-5(13)4-10-3-11-12-4/h3H,1-2H2,(H,8,13)(H3,7,9,14)(H,10,11,12). The normalized spacial score (nSPS) is 9.43. The lowest BCUT2D eigenvalue weighted by Gasteiger charge is -2.02. The molecule has 0 unspecified atom stereocenters. The van der Waals surface area contributed by atoms with Crippen molar-refractivity contribution in [3.63, 3.8) is 0 Å². The van der Waals surface area contributed by atoms with Crippen LogP contribution >= 0.6 is 0 Å². The van der Waals surface area contributed by atoms with Gasteiger partial charge in [0.05, 0.1) is 0 Å². The summed E-state index contributed by atoms with van der Waals surface area (Å²) in [4.78, 5) is 25.0. The summed E-state index contributed by atoms with van der Waals surface area (Å²) in [6.07, 6.45) is 1.23. The van der Waals surface area contributed by atoms with Crippen molar-refractivity contribution < 1.29 is 9.59 Å². The van der Waals surface area contributed by atoms with Crippen LogP contribution in [0.15, 0.2) is 6.33 Å². The molecule has 0 aliphatic rings. The summed E-state index contributed by atoms with van der Waals surface area (Å²) >= 11 is 0. The van der Waals surface area contributed by atoms with E-state index in [1.807, 2.05) is 0 Å². The number of nitrogens with zero attached hydrogens (tertiary/aromatic N) is 2. The lowest BCUT2D eigenvalue weighted by molar-refractivity contribution is 0.0944. The van der Waals surface area contributed by atoms with Crippen molar-refractivity contribution in [2.24, 2.45) is 5.73 Å². The van der Waals surface area contributed by atoms with Gasteiger partial charge in [-0.3, -0.25) is 9.89 Å². The average Bonchev–Trinajstić information content (AvgIpc) is 2.64. The van der Waals surface area contributed by atoms with Gasteiger partial charge < -0.3 is 16.4 Å². The molecule has 1 aromatic heterocycles. The summed E-state index contributed by atoms with van der Waals surface area (Å²) in [6.45, 7) is 0.553. The smallest absolute Gasteiger partial charge is 0.312 e. The Balaban J connectivity index is 2.19. The summed E-state index contributed by atoms with van der Waals surface area (Å²) in [7, 11) is 0.